The molecule has 1 rings (SSSR count). The van der Waals surface area contributed by atoms with E-state index in [4.69, 9.17) is 4.74 Å². The Labute approximate surface area is 107 Å². The molecule has 18 heavy (non-hydrogen) atoms. The molecule has 0 spiro atoms. The fraction of sp³-hybridized carbons (Fsp3) is 0.385. The van der Waals surface area contributed by atoms with Gasteiger partial charge in [-0.1, -0.05) is 13.3 Å². The lowest BCUT2D eigenvalue weighted by Crippen LogP contribution is -2.16. The van der Waals surface area contributed by atoms with Crippen molar-refractivity contribution in [3.63, 3.8) is 0 Å². The van der Waals surface area contributed by atoms with Gasteiger partial charge in [0.1, 0.15) is 5.75 Å². The van der Waals surface area contributed by atoms with E-state index in [0.29, 0.717) is 0 Å². The molecule has 0 aliphatic carbocycles. The molecule has 0 saturated heterocycles. The number of amides is 1. The maximum atomic E-state index is 10.7. The number of unbranched alkanes of at least 4 members (excludes halogenated alkanes) is 1. The van der Waals surface area contributed by atoms with Gasteiger partial charge in [0.05, 0.1) is 19.9 Å². The molecule has 98 valence electrons. The van der Waals surface area contributed by atoms with E-state index in [0.717, 1.165) is 30.8 Å². The molecule has 5 nitrogen and oxygen atoms in total. The highest BCUT2D eigenvalue weighted by atomic mass is 16.5. The number of carbonyl (C=O) groups excluding carboxylic acids is 1. The van der Waals surface area contributed by atoms with Crippen molar-refractivity contribution in [2.24, 2.45) is 5.10 Å². The van der Waals surface area contributed by atoms with Gasteiger partial charge in [-0.05, 0) is 36.2 Å². The number of hydrogen-bond acceptors (Lipinski definition) is 4. The topological polar surface area (TPSA) is 59.9 Å². The van der Waals surface area contributed by atoms with Crippen LogP contribution < -0.4 is 10.2 Å². The quantitative estimate of drug-likeness (QED) is 0.479. The predicted octanol–water partition coefficient (Wildman–Crippen LogP) is 2.56. The zero-order valence-corrected chi connectivity index (χ0v) is 10.7. The Balaban J connectivity index is 2.42. The van der Waals surface area contributed by atoms with E-state index in [2.05, 4.69) is 22.2 Å². The number of rotatable bonds is 6. The molecule has 0 aliphatic rings. The third-order valence-electron chi connectivity index (χ3n) is 2.20. The highest BCUT2D eigenvalue weighted by Crippen LogP contribution is 2.11. The van der Waals surface area contributed by atoms with Gasteiger partial charge in [-0.3, -0.25) is 0 Å². The predicted molar refractivity (Wildman–Crippen MR) is 70.0 cm³/mol. The van der Waals surface area contributed by atoms with Crippen LogP contribution in [0.15, 0.2) is 29.4 Å². The van der Waals surface area contributed by atoms with Gasteiger partial charge in [-0.25, -0.2) is 10.2 Å². The van der Waals surface area contributed by atoms with Gasteiger partial charge >= 0.3 is 6.09 Å². The second-order valence-corrected chi connectivity index (χ2v) is 3.63. The molecule has 1 aromatic rings. The number of hydrogen-bond donors (Lipinski definition) is 1. The Bertz CT molecular complexity index is 388. The van der Waals surface area contributed by atoms with Gasteiger partial charge < -0.3 is 9.47 Å². The Morgan fingerprint density at radius 1 is 1.39 bits per heavy atom. The molecular weight excluding hydrogens is 232 g/mol. The van der Waals surface area contributed by atoms with Gasteiger partial charge in [0.25, 0.3) is 0 Å². The van der Waals surface area contributed by atoms with E-state index in [1.54, 1.807) is 0 Å². The van der Waals surface area contributed by atoms with E-state index in [1.807, 2.05) is 24.3 Å². The number of benzene rings is 1. The average Bonchev–Trinajstić information content (AvgIpc) is 2.40. The van der Waals surface area contributed by atoms with Gasteiger partial charge in [-0.2, -0.15) is 5.10 Å². The van der Waals surface area contributed by atoms with Crippen LogP contribution in [0.2, 0.25) is 0 Å². The first kappa shape index (κ1) is 14.0. The first-order valence-electron chi connectivity index (χ1n) is 5.86. The van der Waals surface area contributed by atoms with Crippen molar-refractivity contribution < 1.29 is 14.3 Å². The van der Waals surface area contributed by atoms with Crippen LogP contribution in [0, 0.1) is 0 Å². The molecule has 5 heteroatoms. The summed E-state index contributed by atoms with van der Waals surface area (Å²) in [6.45, 7) is 2.85. The Morgan fingerprint density at radius 3 is 2.72 bits per heavy atom. The molecule has 1 amide bonds. The fourth-order valence-electron chi connectivity index (χ4n) is 1.19. The summed E-state index contributed by atoms with van der Waals surface area (Å²) in [5, 5.41) is 3.73. The van der Waals surface area contributed by atoms with Crippen molar-refractivity contribution >= 4 is 12.3 Å². The van der Waals surface area contributed by atoms with Gasteiger partial charge in [0, 0.05) is 0 Å². The number of nitrogens with zero attached hydrogens (tertiary/aromatic N) is 1. The number of carbonyl (C=O) groups is 1. The van der Waals surface area contributed by atoms with Crippen LogP contribution in [-0.2, 0) is 4.74 Å². The molecule has 0 atom stereocenters. The zero-order chi connectivity index (χ0) is 13.2. The molecule has 0 bridgehead atoms. The summed E-state index contributed by atoms with van der Waals surface area (Å²) in [6, 6.07) is 7.47. The summed E-state index contributed by atoms with van der Waals surface area (Å²) in [5.74, 6) is 0.835. The Kier molecular flexibility index (Phi) is 6.32. The second-order valence-electron chi connectivity index (χ2n) is 3.63. The molecule has 0 saturated carbocycles. The van der Waals surface area contributed by atoms with Crippen LogP contribution in [0.3, 0.4) is 0 Å². The van der Waals surface area contributed by atoms with Crippen LogP contribution >= 0.6 is 0 Å². The molecule has 0 aliphatic heterocycles. The standard InChI is InChI=1S/C13H18N2O3/c1-3-4-9-18-12-7-5-11(6-8-12)10-14-15-13(16)17-2/h5-8,10H,3-4,9H2,1-2H3,(H,15,16)/b14-10-. The number of methoxy groups -OCH3 is 1. The average molecular weight is 250 g/mol. The largest absolute Gasteiger partial charge is 0.494 e. The minimum Gasteiger partial charge on any atom is -0.494 e. The smallest absolute Gasteiger partial charge is 0.427 e. The molecule has 0 fully saturated rings. The normalized spacial score (nSPS) is 10.3. The molecular formula is C13H18N2O3. The summed E-state index contributed by atoms with van der Waals surface area (Å²) in [5.41, 5.74) is 3.08. The van der Waals surface area contributed by atoms with E-state index in [-0.39, 0.29) is 0 Å². The van der Waals surface area contributed by atoms with Crippen molar-refractivity contribution in [1.82, 2.24) is 5.43 Å². The van der Waals surface area contributed by atoms with Crippen molar-refractivity contribution in [2.45, 2.75) is 19.8 Å². The molecule has 0 unspecified atom stereocenters. The Morgan fingerprint density at radius 2 is 2.11 bits per heavy atom. The van der Waals surface area contributed by atoms with Crippen LogP contribution in [0.4, 0.5) is 4.79 Å². The van der Waals surface area contributed by atoms with Crippen molar-refractivity contribution in [3.05, 3.63) is 29.8 Å². The van der Waals surface area contributed by atoms with Gasteiger partial charge in [0.2, 0.25) is 0 Å². The third-order valence-corrected chi connectivity index (χ3v) is 2.20. The zero-order valence-electron chi connectivity index (χ0n) is 10.7. The summed E-state index contributed by atoms with van der Waals surface area (Å²) in [4.78, 5) is 10.7. The monoisotopic (exact) mass is 250 g/mol. The second kappa shape index (κ2) is 8.11. The first-order chi connectivity index (χ1) is 8.76. The molecule has 1 aromatic carbocycles. The van der Waals surface area contributed by atoms with Crippen molar-refractivity contribution in [2.75, 3.05) is 13.7 Å². The van der Waals surface area contributed by atoms with E-state index >= 15 is 0 Å². The van der Waals surface area contributed by atoms with E-state index in [9.17, 15) is 4.79 Å². The van der Waals surface area contributed by atoms with E-state index < -0.39 is 6.09 Å². The highest BCUT2D eigenvalue weighted by molar-refractivity contribution is 5.80. The molecule has 0 radical (unpaired) electrons. The number of nitrogens with one attached hydrogen (secondary N) is 1. The van der Waals surface area contributed by atoms with Gasteiger partial charge in [-0.15, -0.1) is 0 Å². The van der Waals surface area contributed by atoms with Crippen LogP contribution in [-0.4, -0.2) is 26.0 Å². The number of ether oxygens (including phenoxy) is 2. The highest BCUT2D eigenvalue weighted by Gasteiger charge is 1.95. The van der Waals surface area contributed by atoms with Crippen molar-refractivity contribution in [1.29, 1.82) is 0 Å². The SMILES string of the molecule is CCCCOc1ccc(/C=N\NC(=O)OC)cc1. The van der Waals surface area contributed by atoms with Crippen LogP contribution in [0.1, 0.15) is 25.3 Å². The first-order valence-corrected chi connectivity index (χ1v) is 5.86. The summed E-state index contributed by atoms with van der Waals surface area (Å²) >= 11 is 0. The lowest BCUT2D eigenvalue weighted by molar-refractivity contribution is 0.171. The third kappa shape index (κ3) is 5.34. The lowest BCUT2D eigenvalue weighted by Gasteiger charge is -2.04. The van der Waals surface area contributed by atoms with Gasteiger partial charge in [0.15, 0.2) is 0 Å². The summed E-state index contributed by atoms with van der Waals surface area (Å²) in [7, 11) is 1.29. The number of hydrazone groups is 1. The van der Waals surface area contributed by atoms with E-state index in [1.165, 1.54) is 13.3 Å². The summed E-state index contributed by atoms with van der Waals surface area (Å²) in [6.07, 6.45) is 3.11. The minimum atomic E-state index is -0.592. The maximum Gasteiger partial charge on any atom is 0.427 e. The fourth-order valence-corrected chi connectivity index (χ4v) is 1.19. The Hall–Kier alpha value is -2.04. The van der Waals surface area contributed by atoms with Crippen LogP contribution in [0.5, 0.6) is 5.75 Å². The summed E-state index contributed by atoms with van der Waals surface area (Å²) < 4.78 is 9.91. The van der Waals surface area contributed by atoms with Crippen LogP contribution in [0.25, 0.3) is 0 Å². The minimum absolute atomic E-state index is 0.592. The molecule has 0 aromatic heterocycles. The lowest BCUT2D eigenvalue weighted by atomic mass is 10.2. The maximum absolute atomic E-state index is 10.7. The molecule has 1 N–H and O–H groups in total. The van der Waals surface area contributed by atoms with Crippen molar-refractivity contribution in [3.8, 4) is 5.75 Å². The molecule has 0 heterocycles.